The van der Waals surface area contributed by atoms with E-state index >= 15 is 0 Å². The van der Waals surface area contributed by atoms with Gasteiger partial charge in [-0.25, -0.2) is 22.4 Å². The molecule has 0 radical (unpaired) electrons. The van der Waals surface area contributed by atoms with Crippen molar-refractivity contribution in [2.24, 2.45) is 0 Å². The standard InChI is InChI=1S/C17H12FN3O5S/c18-14-11-21(27(24,25)13-9-5-2-6-10-13)16(22)19-15(14)20-17(23)26-12-7-3-1-4-8-12/h1-11H,(H,19,20,22,23). The number of benzene rings is 2. The Balaban J connectivity index is 1.87. The van der Waals surface area contributed by atoms with E-state index in [9.17, 15) is 22.4 Å². The van der Waals surface area contributed by atoms with Crippen molar-refractivity contribution in [2.45, 2.75) is 4.90 Å². The normalized spacial score (nSPS) is 11.0. The Bertz CT molecular complexity index is 1130. The van der Waals surface area contributed by atoms with Gasteiger partial charge in [-0.2, -0.15) is 8.96 Å². The van der Waals surface area contributed by atoms with Crippen LogP contribution in [0, 0.1) is 5.82 Å². The summed E-state index contributed by atoms with van der Waals surface area (Å²) in [4.78, 5) is 26.9. The van der Waals surface area contributed by atoms with Gasteiger partial charge < -0.3 is 4.74 Å². The highest BCUT2D eigenvalue weighted by Gasteiger charge is 2.22. The molecule has 3 rings (SSSR count). The summed E-state index contributed by atoms with van der Waals surface area (Å²) in [5.41, 5.74) is -1.28. The van der Waals surface area contributed by atoms with Crippen LogP contribution in [0.4, 0.5) is 15.0 Å². The van der Waals surface area contributed by atoms with Gasteiger partial charge in [0, 0.05) is 0 Å². The molecule has 2 aromatic carbocycles. The first-order chi connectivity index (χ1) is 12.9. The van der Waals surface area contributed by atoms with Gasteiger partial charge in [0.05, 0.1) is 11.1 Å². The molecule has 27 heavy (non-hydrogen) atoms. The molecule has 138 valence electrons. The molecule has 3 aromatic rings. The zero-order chi connectivity index (χ0) is 19.4. The molecule has 10 heteroatoms. The lowest BCUT2D eigenvalue weighted by Gasteiger charge is -2.10. The van der Waals surface area contributed by atoms with E-state index in [1.54, 1.807) is 24.3 Å². The Kier molecular flexibility index (Phi) is 4.99. The van der Waals surface area contributed by atoms with Crippen molar-refractivity contribution < 1.29 is 22.3 Å². The number of amides is 1. The van der Waals surface area contributed by atoms with Crippen LogP contribution < -0.4 is 15.7 Å². The van der Waals surface area contributed by atoms with E-state index < -0.39 is 33.4 Å². The summed E-state index contributed by atoms with van der Waals surface area (Å²) >= 11 is 0. The maximum Gasteiger partial charge on any atom is 0.418 e. The van der Waals surface area contributed by atoms with Crippen LogP contribution in [0.25, 0.3) is 0 Å². The number of aromatic nitrogens is 2. The Morgan fingerprint density at radius 3 is 2.26 bits per heavy atom. The Morgan fingerprint density at radius 1 is 1.04 bits per heavy atom. The molecule has 0 bridgehead atoms. The number of ether oxygens (including phenoxy) is 1. The quantitative estimate of drug-likeness (QED) is 0.733. The van der Waals surface area contributed by atoms with E-state index in [-0.39, 0.29) is 14.6 Å². The Labute approximate surface area is 152 Å². The summed E-state index contributed by atoms with van der Waals surface area (Å²) in [7, 11) is -4.33. The third-order valence-corrected chi connectivity index (χ3v) is 4.97. The van der Waals surface area contributed by atoms with Gasteiger partial charge in [0.15, 0.2) is 11.6 Å². The van der Waals surface area contributed by atoms with Crippen LogP contribution in [-0.4, -0.2) is 23.5 Å². The van der Waals surface area contributed by atoms with Crippen LogP contribution in [0.15, 0.2) is 76.6 Å². The second kappa shape index (κ2) is 7.38. The molecule has 0 aliphatic heterocycles. The van der Waals surface area contributed by atoms with E-state index in [0.29, 0.717) is 6.20 Å². The number of rotatable bonds is 4. The molecule has 8 nitrogen and oxygen atoms in total. The lowest BCUT2D eigenvalue weighted by Crippen LogP contribution is -2.31. The van der Waals surface area contributed by atoms with E-state index in [4.69, 9.17) is 4.74 Å². The molecule has 1 amide bonds. The predicted octanol–water partition coefficient (Wildman–Crippen LogP) is 2.23. The van der Waals surface area contributed by atoms with E-state index in [1.165, 1.54) is 36.4 Å². The number of anilines is 1. The third kappa shape index (κ3) is 4.01. The number of hydrogen-bond donors (Lipinski definition) is 1. The zero-order valence-electron chi connectivity index (χ0n) is 13.6. The molecule has 0 fully saturated rings. The molecule has 0 saturated carbocycles. The van der Waals surface area contributed by atoms with Crippen molar-refractivity contribution in [3.05, 3.63) is 83.2 Å². The van der Waals surface area contributed by atoms with Gasteiger partial charge in [0.1, 0.15) is 5.75 Å². The summed E-state index contributed by atoms with van der Waals surface area (Å²) in [5.74, 6) is -1.78. The van der Waals surface area contributed by atoms with Gasteiger partial charge in [0.2, 0.25) is 0 Å². The smallest absolute Gasteiger partial charge is 0.410 e. The first kappa shape index (κ1) is 18.3. The average Bonchev–Trinajstić information content (AvgIpc) is 2.65. The van der Waals surface area contributed by atoms with E-state index in [0.717, 1.165) is 0 Å². The van der Waals surface area contributed by atoms with Crippen LogP contribution in [0.2, 0.25) is 0 Å². The van der Waals surface area contributed by atoms with Gasteiger partial charge in [-0.05, 0) is 24.3 Å². The minimum atomic E-state index is -4.33. The molecule has 1 heterocycles. The van der Waals surface area contributed by atoms with Gasteiger partial charge >= 0.3 is 11.8 Å². The topological polar surface area (TPSA) is 107 Å². The zero-order valence-corrected chi connectivity index (χ0v) is 14.4. The number of nitrogens with one attached hydrogen (secondary N) is 1. The molecule has 1 aromatic heterocycles. The van der Waals surface area contributed by atoms with Crippen LogP contribution in [-0.2, 0) is 10.0 Å². The summed E-state index contributed by atoms with van der Waals surface area (Å²) < 4.78 is 44.1. The van der Waals surface area contributed by atoms with E-state index in [1.807, 2.05) is 5.32 Å². The highest BCUT2D eigenvalue weighted by Crippen LogP contribution is 2.15. The fraction of sp³-hybridized carbons (Fsp3) is 0. The minimum Gasteiger partial charge on any atom is -0.410 e. The van der Waals surface area contributed by atoms with E-state index in [2.05, 4.69) is 4.98 Å². The molecule has 0 aliphatic rings. The first-order valence-electron chi connectivity index (χ1n) is 7.51. The maximum absolute atomic E-state index is 14.2. The van der Waals surface area contributed by atoms with Crippen LogP contribution in [0.3, 0.4) is 0 Å². The number of nitrogens with zero attached hydrogens (tertiary/aromatic N) is 2. The fourth-order valence-electron chi connectivity index (χ4n) is 2.10. The third-order valence-electron chi connectivity index (χ3n) is 3.33. The number of para-hydroxylation sites is 1. The fourth-order valence-corrected chi connectivity index (χ4v) is 3.31. The minimum absolute atomic E-state index is 0.158. The lowest BCUT2D eigenvalue weighted by atomic mass is 10.3. The SMILES string of the molecule is O=C(Nc1nc(=O)n(S(=O)(=O)c2ccccc2)cc1F)Oc1ccccc1. The van der Waals surface area contributed by atoms with Gasteiger partial charge in [-0.15, -0.1) is 0 Å². The second-order valence-corrected chi connectivity index (χ2v) is 6.98. The van der Waals surface area contributed by atoms with Crippen molar-refractivity contribution >= 4 is 21.9 Å². The van der Waals surface area contributed by atoms with Crippen molar-refractivity contribution in [1.29, 1.82) is 0 Å². The average molecular weight is 389 g/mol. The van der Waals surface area contributed by atoms with Crippen molar-refractivity contribution in [3.8, 4) is 5.75 Å². The molecular weight excluding hydrogens is 377 g/mol. The number of carbonyl (C=O) groups excluding carboxylic acids is 1. The molecule has 0 saturated heterocycles. The highest BCUT2D eigenvalue weighted by atomic mass is 32.2. The second-order valence-electron chi connectivity index (χ2n) is 5.16. The molecule has 0 aliphatic carbocycles. The molecule has 0 atom stereocenters. The molecule has 0 spiro atoms. The first-order valence-corrected chi connectivity index (χ1v) is 8.95. The Morgan fingerprint density at radius 2 is 1.63 bits per heavy atom. The number of halogens is 1. The molecule has 1 N–H and O–H groups in total. The summed E-state index contributed by atoms with van der Waals surface area (Å²) in [5, 5.41) is 1.96. The number of hydrogen-bond acceptors (Lipinski definition) is 6. The monoisotopic (exact) mass is 389 g/mol. The summed E-state index contributed by atoms with van der Waals surface area (Å²) in [6, 6.07) is 14.9. The Hall–Kier alpha value is -3.53. The number of carbonyl (C=O) groups is 1. The van der Waals surface area contributed by atoms with Crippen molar-refractivity contribution in [3.63, 3.8) is 0 Å². The summed E-state index contributed by atoms with van der Waals surface area (Å²) in [6.07, 6.45) is -0.647. The van der Waals surface area contributed by atoms with Crippen LogP contribution >= 0.6 is 0 Å². The highest BCUT2D eigenvalue weighted by molar-refractivity contribution is 7.90. The maximum atomic E-state index is 14.2. The summed E-state index contributed by atoms with van der Waals surface area (Å²) in [6.45, 7) is 0. The largest absolute Gasteiger partial charge is 0.418 e. The van der Waals surface area contributed by atoms with Crippen molar-refractivity contribution in [1.82, 2.24) is 8.96 Å². The van der Waals surface area contributed by atoms with Gasteiger partial charge in [-0.3, -0.25) is 5.32 Å². The van der Waals surface area contributed by atoms with Crippen LogP contribution in [0.5, 0.6) is 5.75 Å². The lowest BCUT2D eigenvalue weighted by molar-refractivity contribution is 0.215. The molecule has 0 unspecified atom stereocenters. The van der Waals surface area contributed by atoms with Gasteiger partial charge in [0.25, 0.3) is 10.0 Å². The van der Waals surface area contributed by atoms with Gasteiger partial charge in [-0.1, -0.05) is 36.4 Å². The van der Waals surface area contributed by atoms with Crippen molar-refractivity contribution in [2.75, 3.05) is 5.32 Å². The molecular formula is C17H12FN3O5S. The predicted molar refractivity (Wildman–Crippen MR) is 93.6 cm³/mol. The van der Waals surface area contributed by atoms with Crippen LogP contribution in [0.1, 0.15) is 0 Å².